The lowest BCUT2D eigenvalue weighted by molar-refractivity contribution is -0.122. The van der Waals surface area contributed by atoms with E-state index in [1.54, 1.807) is 19.4 Å². The fraction of sp³-hybridized carbons (Fsp3) is 0.583. The van der Waals surface area contributed by atoms with Gasteiger partial charge >= 0.3 is 0 Å². The molecule has 1 aromatic rings. The fourth-order valence-corrected chi connectivity index (χ4v) is 2.19. The third kappa shape index (κ3) is 2.59. The lowest BCUT2D eigenvalue weighted by Gasteiger charge is -2.34. The Balaban J connectivity index is 2.19. The number of aliphatic hydroxyl groups is 1. The van der Waals surface area contributed by atoms with Gasteiger partial charge in [-0.3, -0.25) is 4.79 Å². The number of nitrogens with zero attached hydrogens (tertiary/aromatic N) is 3. The zero-order valence-corrected chi connectivity index (χ0v) is 10.5. The predicted octanol–water partition coefficient (Wildman–Crippen LogP) is 0.0738. The second-order valence-corrected chi connectivity index (χ2v) is 4.37. The molecule has 0 radical (unpaired) electrons. The van der Waals surface area contributed by atoms with Crippen LogP contribution in [-0.2, 0) is 11.4 Å². The molecule has 6 nitrogen and oxygen atoms in total. The molecule has 1 unspecified atom stereocenters. The maximum absolute atomic E-state index is 11.8. The highest BCUT2D eigenvalue weighted by Crippen LogP contribution is 2.21. The summed E-state index contributed by atoms with van der Waals surface area (Å²) in [6.45, 7) is 0.718. The average molecular weight is 250 g/mol. The number of likely N-dealkylation sites (N-methyl/N-ethyl adjacent to an activating group) is 1. The van der Waals surface area contributed by atoms with Gasteiger partial charge in [-0.1, -0.05) is 0 Å². The van der Waals surface area contributed by atoms with Crippen LogP contribution in [0.15, 0.2) is 12.4 Å². The molecular weight excluding hydrogens is 232 g/mol. The summed E-state index contributed by atoms with van der Waals surface area (Å²) in [6.07, 6.45) is 6.10. The van der Waals surface area contributed by atoms with Crippen molar-refractivity contribution in [1.82, 2.24) is 15.3 Å². The van der Waals surface area contributed by atoms with E-state index < -0.39 is 0 Å². The maximum atomic E-state index is 11.8. The van der Waals surface area contributed by atoms with Gasteiger partial charge in [-0.2, -0.15) is 0 Å². The smallest absolute Gasteiger partial charge is 0.242 e. The van der Waals surface area contributed by atoms with E-state index in [1.807, 2.05) is 4.90 Å². The fourth-order valence-electron chi connectivity index (χ4n) is 2.19. The average Bonchev–Trinajstić information content (AvgIpc) is 2.46. The van der Waals surface area contributed by atoms with E-state index in [9.17, 15) is 4.79 Å². The van der Waals surface area contributed by atoms with Gasteiger partial charge in [-0.05, 0) is 19.3 Å². The Morgan fingerprint density at radius 3 is 2.83 bits per heavy atom. The van der Waals surface area contributed by atoms with Crippen molar-refractivity contribution in [3.8, 4) is 0 Å². The molecular formula is C12H18N4O2. The Bertz CT molecular complexity index is 407. The van der Waals surface area contributed by atoms with E-state index in [0.717, 1.165) is 25.8 Å². The lowest BCUT2D eigenvalue weighted by atomic mass is 10.0. The number of aliphatic hydroxyl groups excluding tert-OH is 1. The minimum atomic E-state index is -0.191. The normalized spacial score (nSPS) is 19.7. The van der Waals surface area contributed by atoms with Crippen LogP contribution in [0.25, 0.3) is 0 Å². The third-order valence-electron chi connectivity index (χ3n) is 3.18. The van der Waals surface area contributed by atoms with Gasteiger partial charge in [0.15, 0.2) is 0 Å². The van der Waals surface area contributed by atoms with Gasteiger partial charge in [0.05, 0.1) is 6.61 Å². The number of piperidine rings is 1. The second-order valence-electron chi connectivity index (χ2n) is 4.37. The molecule has 1 amide bonds. The summed E-state index contributed by atoms with van der Waals surface area (Å²) < 4.78 is 0. The van der Waals surface area contributed by atoms with Gasteiger partial charge < -0.3 is 15.3 Å². The van der Waals surface area contributed by atoms with Crippen LogP contribution in [0.2, 0.25) is 0 Å². The number of carbonyl (C=O) groups is 1. The second kappa shape index (κ2) is 5.77. The molecule has 18 heavy (non-hydrogen) atoms. The molecule has 0 aliphatic carbocycles. The first-order valence-corrected chi connectivity index (χ1v) is 6.16. The van der Waals surface area contributed by atoms with Crippen LogP contribution in [0.1, 0.15) is 24.8 Å². The van der Waals surface area contributed by atoms with Crippen LogP contribution in [0.4, 0.5) is 5.95 Å². The van der Waals surface area contributed by atoms with Crippen LogP contribution in [0.5, 0.6) is 0 Å². The minimum absolute atomic E-state index is 0.00420. The highest BCUT2D eigenvalue weighted by Gasteiger charge is 2.29. The molecule has 6 heteroatoms. The number of hydrogen-bond acceptors (Lipinski definition) is 5. The Morgan fingerprint density at radius 1 is 1.50 bits per heavy atom. The number of nitrogens with one attached hydrogen (secondary N) is 1. The zero-order valence-electron chi connectivity index (χ0n) is 10.5. The van der Waals surface area contributed by atoms with Crippen molar-refractivity contribution in [3.05, 3.63) is 18.0 Å². The van der Waals surface area contributed by atoms with Crippen LogP contribution >= 0.6 is 0 Å². The minimum Gasteiger partial charge on any atom is -0.392 e. The summed E-state index contributed by atoms with van der Waals surface area (Å²) in [5, 5.41) is 11.6. The molecule has 0 bridgehead atoms. The SMILES string of the molecule is CNC(=O)C1CCCCN1c1ncc(CO)cn1. The highest BCUT2D eigenvalue weighted by atomic mass is 16.3. The van der Waals surface area contributed by atoms with Gasteiger partial charge in [-0.15, -0.1) is 0 Å². The first kappa shape index (κ1) is 12.8. The molecule has 2 N–H and O–H groups in total. The Kier molecular flexibility index (Phi) is 4.09. The van der Waals surface area contributed by atoms with Crippen molar-refractivity contribution in [3.63, 3.8) is 0 Å². The Labute approximate surface area is 106 Å². The van der Waals surface area contributed by atoms with Crippen molar-refractivity contribution in [2.75, 3.05) is 18.5 Å². The molecule has 1 aliphatic heterocycles. The number of carbonyl (C=O) groups excluding carboxylic acids is 1. The van der Waals surface area contributed by atoms with Gasteiger partial charge in [0, 0.05) is 31.5 Å². The van der Waals surface area contributed by atoms with Gasteiger partial charge in [0.2, 0.25) is 11.9 Å². The van der Waals surface area contributed by atoms with Crippen molar-refractivity contribution < 1.29 is 9.90 Å². The largest absolute Gasteiger partial charge is 0.392 e. The Morgan fingerprint density at radius 2 is 2.22 bits per heavy atom. The molecule has 1 aliphatic rings. The molecule has 1 fully saturated rings. The van der Waals surface area contributed by atoms with E-state index in [1.165, 1.54) is 0 Å². The topological polar surface area (TPSA) is 78.4 Å². The number of anilines is 1. The van der Waals surface area contributed by atoms with E-state index in [0.29, 0.717) is 11.5 Å². The van der Waals surface area contributed by atoms with E-state index in [-0.39, 0.29) is 18.6 Å². The van der Waals surface area contributed by atoms with Crippen LogP contribution < -0.4 is 10.2 Å². The van der Waals surface area contributed by atoms with Crippen molar-refractivity contribution >= 4 is 11.9 Å². The van der Waals surface area contributed by atoms with E-state index >= 15 is 0 Å². The van der Waals surface area contributed by atoms with Crippen LogP contribution in [0.3, 0.4) is 0 Å². The molecule has 0 saturated carbocycles. The molecule has 0 aromatic carbocycles. The number of hydrogen-bond donors (Lipinski definition) is 2. The molecule has 1 aromatic heterocycles. The predicted molar refractivity (Wildman–Crippen MR) is 67.0 cm³/mol. The summed E-state index contributed by atoms with van der Waals surface area (Å²) in [5.74, 6) is 0.560. The van der Waals surface area contributed by atoms with Gasteiger partial charge in [-0.25, -0.2) is 9.97 Å². The number of amides is 1. The molecule has 2 heterocycles. The quantitative estimate of drug-likeness (QED) is 0.794. The molecule has 1 saturated heterocycles. The first-order chi connectivity index (χ1) is 8.76. The maximum Gasteiger partial charge on any atom is 0.242 e. The molecule has 98 valence electrons. The van der Waals surface area contributed by atoms with Gasteiger partial charge in [0.1, 0.15) is 6.04 Å². The van der Waals surface area contributed by atoms with Crippen molar-refractivity contribution in [2.24, 2.45) is 0 Å². The van der Waals surface area contributed by atoms with E-state index in [2.05, 4.69) is 15.3 Å². The number of rotatable bonds is 3. The summed E-state index contributed by atoms with van der Waals surface area (Å²) >= 11 is 0. The lowest BCUT2D eigenvalue weighted by Crippen LogP contribution is -2.49. The zero-order chi connectivity index (χ0) is 13.0. The summed E-state index contributed by atoms with van der Waals surface area (Å²) in [7, 11) is 1.64. The van der Waals surface area contributed by atoms with Crippen molar-refractivity contribution in [1.29, 1.82) is 0 Å². The van der Waals surface area contributed by atoms with Gasteiger partial charge in [0.25, 0.3) is 0 Å². The summed E-state index contributed by atoms with van der Waals surface area (Å²) in [5.41, 5.74) is 0.673. The summed E-state index contributed by atoms with van der Waals surface area (Å²) in [6, 6.07) is -0.191. The molecule has 2 rings (SSSR count). The Hall–Kier alpha value is -1.69. The first-order valence-electron chi connectivity index (χ1n) is 6.16. The van der Waals surface area contributed by atoms with Crippen LogP contribution in [0, 0.1) is 0 Å². The molecule has 1 atom stereocenters. The standard InChI is InChI=1S/C12H18N4O2/c1-13-11(18)10-4-2-3-5-16(10)12-14-6-9(8-17)7-15-12/h6-7,10,17H,2-5,8H2,1H3,(H,13,18). The summed E-state index contributed by atoms with van der Waals surface area (Å²) in [4.78, 5) is 22.2. The molecule has 0 spiro atoms. The van der Waals surface area contributed by atoms with Crippen LogP contribution in [-0.4, -0.2) is 40.6 Å². The van der Waals surface area contributed by atoms with E-state index in [4.69, 9.17) is 5.11 Å². The third-order valence-corrected chi connectivity index (χ3v) is 3.18. The number of aromatic nitrogens is 2. The monoisotopic (exact) mass is 250 g/mol. The van der Waals surface area contributed by atoms with Crippen molar-refractivity contribution in [2.45, 2.75) is 31.9 Å². The highest BCUT2D eigenvalue weighted by molar-refractivity contribution is 5.84.